The molecule has 1 aliphatic rings. The van der Waals surface area contributed by atoms with E-state index in [1.165, 1.54) is 0 Å². The molecule has 0 atom stereocenters. The molecule has 0 saturated heterocycles. The van der Waals surface area contributed by atoms with Crippen molar-refractivity contribution < 1.29 is 19.1 Å². The molecule has 0 radical (unpaired) electrons. The zero-order valence-electron chi connectivity index (χ0n) is 14.1. The number of carbonyl (C=O) groups is 3. The van der Waals surface area contributed by atoms with Gasteiger partial charge in [0.25, 0.3) is 11.8 Å². The fourth-order valence-electron chi connectivity index (χ4n) is 3.23. The number of ether oxygens (including phenoxy) is 1. The summed E-state index contributed by atoms with van der Waals surface area (Å²) >= 11 is 0. The van der Waals surface area contributed by atoms with Crippen LogP contribution < -0.4 is 4.90 Å². The molecule has 3 aromatic rings. The van der Waals surface area contributed by atoms with Gasteiger partial charge in [-0.3, -0.25) is 9.59 Å². The molecule has 26 heavy (non-hydrogen) atoms. The summed E-state index contributed by atoms with van der Waals surface area (Å²) in [5.41, 5.74) is 1.77. The third-order valence-electron chi connectivity index (χ3n) is 4.41. The molecule has 128 valence electrons. The standard InChI is InChI=1S/C21H15NO4/c1-2-26-21(25)14-9-11-15(12-10-14)22-19(23)16-7-3-5-13-6-4-8-17(18(13)16)20(22)24/h3-12H,2H2,1H3. The van der Waals surface area contributed by atoms with Gasteiger partial charge < -0.3 is 4.74 Å². The molecule has 5 heteroatoms. The van der Waals surface area contributed by atoms with Gasteiger partial charge in [-0.25, -0.2) is 9.69 Å². The normalized spacial score (nSPS) is 13.2. The molecule has 0 saturated carbocycles. The van der Waals surface area contributed by atoms with Gasteiger partial charge in [-0.15, -0.1) is 0 Å². The van der Waals surface area contributed by atoms with E-state index in [4.69, 9.17) is 4.74 Å². The minimum absolute atomic E-state index is 0.282. The molecule has 0 spiro atoms. The molecule has 0 aromatic heterocycles. The number of amides is 2. The maximum Gasteiger partial charge on any atom is 0.338 e. The number of nitrogens with zero attached hydrogens (tertiary/aromatic N) is 1. The zero-order chi connectivity index (χ0) is 18.3. The number of anilines is 1. The van der Waals surface area contributed by atoms with Crippen molar-refractivity contribution in [2.75, 3.05) is 11.5 Å². The molecule has 4 rings (SSSR count). The van der Waals surface area contributed by atoms with Gasteiger partial charge in [0.2, 0.25) is 0 Å². The highest BCUT2D eigenvalue weighted by molar-refractivity contribution is 6.35. The molecular weight excluding hydrogens is 330 g/mol. The molecule has 0 unspecified atom stereocenters. The number of carbonyl (C=O) groups excluding carboxylic acids is 3. The van der Waals surface area contributed by atoms with E-state index in [-0.39, 0.29) is 18.4 Å². The number of hydrogen-bond donors (Lipinski definition) is 0. The largest absolute Gasteiger partial charge is 0.462 e. The van der Waals surface area contributed by atoms with Crippen LogP contribution in [0.2, 0.25) is 0 Å². The third kappa shape index (κ3) is 2.37. The number of hydrogen-bond acceptors (Lipinski definition) is 4. The molecule has 3 aromatic carbocycles. The Morgan fingerprint density at radius 2 is 1.46 bits per heavy atom. The van der Waals surface area contributed by atoms with E-state index in [0.717, 1.165) is 10.3 Å². The van der Waals surface area contributed by atoms with Crippen molar-refractivity contribution in [2.45, 2.75) is 6.92 Å². The fraction of sp³-hybridized carbons (Fsp3) is 0.0952. The Kier molecular flexibility index (Phi) is 3.77. The van der Waals surface area contributed by atoms with Crippen molar-refractivity contribution in [1.29, 1.82) is 0 Å². The Labute approximate surface area is 149 Å². The van der Waals surface area contributed by atoms with Crippen molar-refractivity contribution in [3.05, 3.63) is 77.4 Å². The van der Waals surface area contributed by atoms with Crippen LogP contribution >= 0.6 is 0 Å². The molecular formula is C21H15NO4. The van der Waals surface area contributed by atoms with Crippen LogP contribution in [0.3, 0.4) is 0 Å². The lowest BCUT2D eigenvalue weighted by Crippen LogP contribution is -2.40. The predicted molar refractivity (Wildman–Crippen MR) is 97.5 cm³/mol. The van der Waals surface area contributed by atoms with E-state index in [0.29, 0.717) is 27.8 Å². The quantitative estimate of drug-likeness (QED) is 0.535. The van der Waals surface area contributed by atoms with Gasteiger partial charge in [0.1, 0.15) is 0 Å². The summed E-state index contributed by atoms with van der Waals surface area (Å²) in [4.78, 5) is 38.8. The molecule has 0 N–H and O–H groups in total. The minimum atomic E-state index is -0.439. The smallest absolute Gasteiger partial charge is 0.338 e. The summed E-state index contributed by atoms with van der Waals surface area (Å²) in [7, 11) is 0. The van der Waals surface area contributed by atoms with Crippen molar-refractivity contribution >= 4 is 34.2 Å². The van der Waals surface area contributed by atoms with Crippen molar-refractivity contribution in [1.82, 2.24) is 0 Å². The van der Waals surface area contributed by atoms with Gasteiger partial charge in [0.05, 0.1) is 17.9 Å². The summed E-state index contributed by atoms with van der Waals surface area (Å²) in [6.07, 6.45) is 0. The first-order valence-electron chi connectivity index (χ1n) is 8.29. The van der Waals surface area contributed by atoms with Crippen LogP contribution in [0.25, 0.3) is 10.8 Å². The summed E-state index contributed by atoms with van der Waals surface area (Å²) in [5.74, 6) is -1.18. The van der Waals surface area contributed by atoms with Crippen molar-refractivity contribution in [3.63, 3.8) is 0 Å². The van der Waals surface area contributed by atoms with E-state index >= 15 is 0 Å². The highest BCUT2D eigenvalue weighted by atomic mass is 16.5. The first-order valence-corrected chi connectivity index (χ1v) is 8.29. The Morgan fingerprint density at radius 3 is 2.00 bits per heavy atom. The van der Waals surface area contributed by atoms with Crippen LogP contribution in [0.4, 0.5) is 5.69 Å². The van der Waals surface area contributed by atoms with E-state index in [9.17, 15) is 14.4 Å². The van der Waals surface area contributed by atoms with Gasteiger partial charge in [-0.1, -0.05) is 24.3 Å². The van der Waals surface area contributed by atoms with E-state index < -0.39 is 5.97 Å². The first kappa shape index (κ1) is 16.0. The summed E-state index contributed by atoms with van der Waals surface area (Å²) in [6, 6.07) is 17.1. The summed E-state index contributed by atoms with van der Waals surface area (Å²) < 4.78 is 4.95. The lowest BCUT2D eigenvalue weighted by molar-refractivity contribution is 0.0526. The van der Waals surface area contributed by atoms with Gasteiger partial charge in [0.15, 0.2) is 0 Å². The topological polar surface area (TPSA) is 63.7 Å². The summed E-state index contributed by atoms with van der Waals surface area (Å²) in [6.45, 7) is 2.01. The molecule has 0 aliphatic carbocycles. The number of benzene rings is 3. The maximum atomic E-state index is 12.9. The fourth-order valence-corrected chi connectivity index (χ4v) is 3.23. The van der Waals surface area contributed by atoms with Gasteiger partial charge in [0, 0.05) is 16.5 Å². The molecule has 1 heterocycles. The zero-order valence-corrected chi connectivity index (χ0v) is 14.1. The SMILES string of the molecule is CCOC(=O)c1ccc(N2C(=O)c3cccc4cccc(c34)C2=O)cc1. The molecule has 0 fully saturated rings. The summed E-state index contributed by atoms with van der Waals surface area (Å²) in [5, 5.41) is 1.54. The Balaban J connectivity index is 1.78. The second kappa shape index (κ2) is 6.11. The monoisotopic (exact) mass is 345 g/mol. The lowest BCUT2D eigenvalue weighted by atomic mass is 9.94. The third-order valence-corrected chi connectivity index (χ3v) is 4.41. The van der Waals surface area contributed by atoms with Crippen LogP contribution in [-0.4, -0.2) is 24.4 Å². The van der Waals surface area contributed by atoms with Gasteiger partial charge >= 0.3 is 5.97 Å². The highest BCUT2D eigenvalue weighted by Gasteiger charge is 2.33. The molecule has 1 aliphatic heterocycles. The number of imide groups is 1. The number of rotatable bonds is 3. The Bertz CT molecular complexity index is 1000. The molecule has 2 amide bonds. The second-order valence-corrected chi connectivity index (χ2v) is 5.92. The van der Waals surface area contributed by atoms with E-state index in [2.05, 4.69) is 0 Å². The Hall–Kier alpha value is -3.47. The van der Waals surface area contributed by atoms with Crippen LogP contribution in [0.5, 0.6) is 0 Å². The van der Waals surface area contributed by atoms with E-state index in [1.807, 2.05) is 12.1 Å². The second-order valence-electron chi connectivity index (χ2n) is 5.92. The van der Waals surface area contributed by atoms with Crippen LogP contribution in [0.15, 0.2) is 60.7 Å². The Morgan fingerprint density at radius 1 is 0.885 bits per heavy atom. The van der Waals surface area contributed by atoms with Crippen LogP contribution in [0, 0.1) is 0 Å². The van der Waals surface area contributed by atoms with Crippen molar-refractivity contribution in [2.24, 2.45) is 0 Å². The van der Waals surface area contributed by atoms with Crippen LogP contribution in [0.1, 0.15) is 38.0 Å². The maximum absolute atomic E-state index is 12.9. The highest BCUT2D eigenvalue weighted by Crippen LogP contribution is 2.32. The average molecular weight is 345 g/mol. The van der Waals surface area contributed by atoms with Crippen LogP contribution in [-0.2, 0) is 4.74 Å². The lowest BCUT2D eigenvalue weighted by Gasteiger charge is -2.27. The molecule has 0 bridgehead atoms. The average Bonchev–Trinajstić information content (AvgIpc) is 2.67. The first-order chi connectivity index (χ1) is 12.6. The molecule has 5 nitrogen and oxygen atoms in total. The van der Waals surface area contributed by atoms with Gasteiger partial charge in [-0.2, -0.15) is 0 Å². The number of esters is 1. The predicted octanol–water partition coefficient (Wildman–Crippen LogP) is 3.82. The van der Waals surface area contributed by atoms with E-state index in [1.54, 1.807) is 55.5 Å². The van der Waals surface area contributed by atoms with Gasteiger partial charge in [-0.05, 0) is 48.7 Å². The minimum Gasteiger partial charge on any atom is -0.462 e. The van der Waals surface area contributed by atoms with Crippen molar-refractivity contribution in [3.8, 4) is 0 Å².